The summed E-state index contributed by atoms with van der Waals surface area (Å²) in [6.45, 7) is 6.90. The number of nitrogens with one attached hydrogen (secondary N) is 1. The van der Waals surface area contributed by atoms with Gasteiger partial charge in [-0.15, -0.1) is 5.11 Å². The number of nitrogens with zero attached hydrogens (tertiary/aromatic N) is 4. The van der Waals surface area contributed by atoms with E-state index in [1.54, 1.807) is 5.01 Å². The van der Waals surface area contributed by atoms with Crippen LogP contribution in [-0.4, -0.2) is 34.7 Å². The molecule has 1 rings (SSSR count). The second-order valence-electron chi connectivity index (χ2n) is 4.78. The molecule has 7 nitrogen and oxygen atoms in total. The fourth-order valence-corrected chi connectivity index (χ4v) is 1.58. The zero-order valence-electron chi connectivity index (χ0n) is 12.0. The summed E-state index contributed by atoms with van der Waals surface area (Å²) >= 11 is 0. The second kappa shape index (κ2) is 6.86. The minimum Gasteiger partial charge on any atom is -0.364 e. The van der Waals surface area contributed by atoms with Gasteiger partial charge in [0.1, 0.15) is 5.69 Å². The van der Waals surface area contributed by atoms with E-state index in [1.165, 1.54) is 0 Å². The van der Waals surface area contributed by atoms with E-state index in [4.69, 9.17) is 5.73 Å². The summed E-state index contributed by atoms with van der Waals surface area (Å²) in [7, 11) is 1.85. The lowest BCUT2D eigenvalue weighted by atomic mass is 10.1. The normalized spacial score (nSPS) is 11.4. The molecule has 0 saturated heterocycles. The van der Waals surface area contributed by atoms with E-state index in [-0.39, 0.29) is 11.6 Å². The Morgan fingerprint density at radius 3 is 2.74 bits per heavy atom. The van der Waals surface area contributed by atoms with E-state index < -0.39 is 5.91 Å². The van der Waals surface area contributed by atoms with Crippen molar-refractivity contribution in [1.82, 2.24) is 15.2 Å². The Kier molecular flexibility index (Phi) is 5.47. The minimum absolute atomic E-state index is 0.136. The number of carbonyl (C=O) groups excluding carboxylic acids is 1. The van der Waals surface area contributed by atoms with Gasteiger partial charge < -0.3 is 5.73 Å². The molecule has 1 aromatic rings. The van der Waals surface area contributed by atoms with Gasteiger partial charge in [0, 0.05) is 13.6 Å². The molecule has 0 aliphatic heterocycles. The molecule has 1 heterocycles. The number of unbranched alkanes of at least 4 members (excludes halogenated alkanes) is 1. The number of H-pyrrole nitrogens is 1. The number of amides is 1. The number of carbonyl (C=O) groups is 1. The van der Waals surface area contributed by atoms with Gasteiger partial charge in [-0.2, -0.15) is 5.10 Å². The first-order chi connectivity index (χ1) is 8.97. The topological polar surface area (TPSA) is 99.7 Å². The molecule has 0 atom stereocenters. The van der Waals surface area contributed by atoms with E-state index in [2.05, 4.69) is 27.5 Å². The number of hydrogen-bond donors (Lipinski definition) is 2. The Morgan fingerprint density at radius 1 is 1.53 bits per heavy atom. The van der Waals surface area contributed by atoms with Gasteiger partial charge in [0.25, 0.3) is 5.91 Å². The predicted octanol–water partition coefficient (Wildman–Crippen LogP) is 2.36. The van der Waals surface area contributed by atoms with Crippen LogP contribution in [0.2, 0.25) is 0 Å². The fraction of sp³-hybridized carbons (Fsp3) is 0.667. The first kappa shape index (κ1) is 15.1. The van der Waals surface area contributed by atoms with Gasteiger partial charge in [-0.3, -0.25) is 14.9 Å². The molecule has 106 valence electrons. The van der Waals surface area contributed by atoms with Gasteiger partial charge in [0.05, 0.1) is 5.69 Å². The zero-order valence-corrected chi connectivity index (χ0v) is 12.0. The maximum atomic E-state index is 11.3. The van der Waals surface area contributed by atoms with Gasteiger partial charge in [-0.1, -0.05) is 32.4 Å². The molecule has 1 amide bonds. The standard InChI is InChI=1S/C12H22N6O/c1-5-6-7-18(4)17-16-10-9(8(2)3)14-15-11(10)12(13)19/h8H,5-7H2,1-4H3,(H2,13,19)(H,14,15). The molecule has 0 saturated carbocycles. The molecule has 0 spiro atoms. The van der Waals surface area contributed by atoms with E-state index in [0.717, 1.165) is 25.1 Å². The van der Waals surface area contributed by atoms with Crippen LogP contribution >= 0.6 is 0 Å². The third-order valence-electron chi connectivity index (χ3n) is 2.71. The maximum Gasteiger partial charge on any atom is 0.271 e. The third-order valence-corrected chi connectivity index (χ3v) is 2.71. The Balaban J connectivity index is 2.94. The summed E-state index contributed by atoms with van der Waals surface area (Å²) in [5.41, 5.74) is 6.61. The van der Waals surface area contributed by atoms with Crippen molar-refractivity contribution in [2.75, 3.05) is 13.6 Å². The SMILES string of the molecule is CCCCN(C)N=Nc1c(C(N)=O)n[nH]c1C(C)C. The van der Waals surface area contributed by atoms with Crippen LogP contribution in [0.3, 0.4) is 0 Å². The minimum atomic E-state index is -0.603. The van der Waals surface area contributed by atoms with Gasteiger partial charge in [0.2, 0.25) is 0 Å². The molecule has 0 aliphatic rings. The molecular formula is C12H22N6O. The molecule has 0 aliphatic carbocycles. The monoisotopic (exact) mass is 266 g/mol. The molecule has 0 unspecified atom stereocenters. The van der Waals surface area contributed by atoms with Gasteiger partial charge in [-0.25, -0.2) is 0 Å². The molecule has 0 fully saturated rings. The number of aromatic amines is 1. The van der Waals surface area contributed by atoms with Crippen molar-refractivity contribution in [1.29, 1.82) is 0 Å². The highest BCUT2D eigenvalue weighted by molar-refractivity contribution is 5.96. The number of aromatic nitrogens is 2. The number of rotatable bonds is 7. The van der Waals surface area contributed by atoms with E-state index in [0.29, 0.717) is 5.69 Å². The molecule has 1 aromatic heterocycles. The van der Waals surface area contributed by atoms with Crippen LogP contribution in [0, 0.1) is 0 Å². The van der Waals surface area contributed by atoms with E-state index in [1.807, 2.05) is 20.9 Å². The van der Waals surface area contributed by atoms with Crippen LogP contribution in [0.5, 0.6) is 0 Å². The lowest BCUT2D eigenvalue weighted by Crippen LogP contribution is -2.13. The highest BCUT2D eigenvalue weighted by Crippen LogP contribution is 2.28. The number of primary amides is 1. The Bertz CT molecular complexity index is 451. The number of hydrogen-bond acceptors (Lipinski definition) is 4. The van der Waals surface area contributed by atoms with Gasteiger partial charge >= 0.3 is 0 Å². The van der Waals surface area contributed by atoms with Crippen LogP contribution in [0.4, 0.5) is 5.69 Å². The summed E-state index contributed by atoms with van der Waals surface area (Å²) < 4.78 is 0. The molecule has 3 N–H and O–H groups in total. The molecule has 0 radical (unpaired) electrons. The van der Waals surface area contributed by atoms with Crippen molar-refractivity contribution in [3.05, 3.63) is 11.4 Å². The quantitative estimate of drug-likeness (QED) is 0.585. The zero-order chi connectivity index (χ0) is 14.4. The predicted molar refractivity (Wildman–Crippen MR) is 73.2 cm³/mol. The van der Waals surface area contributed by atoms with E-state index >= 15 is 0 Å². The lowest BCUT2D eigenvalue weighted by molar-refractivity contribution is 0.0996. The third kappa shape index (κ3) is 4.04. The summed E-state index contributed by atoms with van der Waals surface area (Å²) in [6.07, 6.45) is 2.13. The molecule has 0 aromatic carbocycles. The molecule has 19 heavy (non-hydrogen) atoms. The first-order valence-electron chi connectivity index (χ1n) is 6.48. The molecular weight excluding hydrogens is 244 g/mol. The maximum absolute atomic E-state index is 11.3. The van der Waals surface area contributed by atoms with Crippen molar-refractivity contribution in [2.24, 2.45) is 16.1 Å². The van der Waals surface area contributed by atoms with Crippen molar-refractivity contribution >= 4 is 11.6 Å². The summed E-state index contributed by atoms with van der Waals surface area (Å²) in [4.78, 5) is 11.3. The van der Waals surface area contributed by atoms with Gasteiger partial charge in [0.15, 0.2) is 5.69 Å². The first-order valence-corrected chi connectivity index (χ1v) is 6.48. The average Bonchev–Trinajstić information content (AvgIpc) is 2.77. The largest absolute Gasteiger partial charge is 0.364 e. The lowest BCUT2D eigenvalue weighted by Gasteiger charge is -2.10. The van der Waals surface area contributed by atoms with E-state index in [9.17, 15) is 4.79 Å². The van der Waals surface area contributed by atoms with Crippen LogP contribution in [0.15, 0.2) is 10.3 Å². The van der Waals surface area contributed by atoms with Crippen LogP contribution < -0.4 is 5.73 Å². The smallest absolute Gasteiger partial charge is 0.271 e. The summed E-state index contributed by atoms with van der Waals surface area (Å²) in [5.74, 6) is -0.441. The van der Waals surface area contributed by atoms with Crippen molar-refractivity contribution in [3.63, 3.8) is 0 Å². The van der Waals surface area contributed by atoms with Crippen molar-refractivity contribution in [3.8, 4) is 0 Å². The van der Waals surface area contributed by atoms with Crippen LogP contribution in [0.25, 0.3) is 0 Å². The highest BCUT2D eigenvalue weighted by atomic mass is 16.1. The Hall–Kier alpha value is -1.92. The number of nitrogens with two attached hydrogens (primary N) is 1. The van der Waals surface area contributed by atoms with Crippen LogP contribution in [-0.2, 0) is 0 Å². The van der Waals surface area contributed by atoms with Crippen molar-refractivity contribution in [2.45, 2.75) is 39.5 Å². The Labute approximate surface area is 113 Å². The molecule has 7 heteroatoms. The molecule has 0 bridgehead atoms. The second-order valence-corrected chi connectivity index (χ2v) is 4.78. The Morgan fingerprint density at radius 2 is 2.21 bits per heavy atom. The fourth-order valence-electron chi connectivity index (χ4n) is 1.58. The summed E-state index contributed by atoms with van der Waals surface area (Å²) in [5, 5.41) is 16.6. The average molecular weight is 266 g/mol. The van der Waals surface area contributed by atoms with Crippen LogP contribution in [0.1, 0.15) is 55.7 Å². The highest BCUT2D eigenvalue weighted by Gasteiger charge is 2.19. The van der Waals surface area contributed by atoms with Gasteiger partial charge in [-0.05, 0) is 12.3 Å². The summed E-state index contributed by atoms with van der Waals surface area (Å²) in [6, 6.07) is 0. The van der Waals surface area contributed by atoms with Crippen molar-refractivity contribution < 1.29 is 4.79 Å².